The number of nitrogens with zero attached hydrogens (tertiary/aromatic N) is 1. The molecular formula is C19H27N3O3S. The molecule has 0 spiro atoms. The Labute approximate surface area is 160 Å². The van der Waals surface area contributed by atoms with E-state index in [1.807, 2.05) is 52.8 Å². The van der Waals surface area contributed by atoms with Crippen LogP contribution in [0.3, 0.4) is 0 Å². The van der Waals surface area contributed by atoms with Crippen molar-refractivity contribution < 1.29 is 14.3 Å². The highest BCUT2D eigenvalue weighted by molar-refractivity contribution is 7.81. The van der Waals surface area contributed by atoms with Gasteiger partial charge in [-0.05, 0) is 51.3 Å². The molecule has 0 saturated heterocycles. The summed E-state index contributed by atoms with van der Waals surface area (Å²) in [6.45, 7) is 9.23. The second kappa shape index (κ2) is 7.70. The number of thiol groups is 1. The lowest BCUT2D eigenvalue weighted by atomic mass is 10.1. The maximum Gasteiger partial charge on any atom is 0.412 e. The van der Waals surface area contributed by atoms with Crippen LogP contribution in [0.5, 0.6) is 0 Å². The maximum absolute atomic E-state index is 11.9. The predicted molar refractivity (Wildman–Crippen MR) is 107 cm³/mol. The Morgan fingerprint density at radius 2 is 1.88 bits per heavy atom. The maximum atomic E-state index is 11.9. The number of rotatable bonds is 4. The van der Waals surface area contributed by atoms with Crippen molar-refractivity contribution in [3.8, 4) is 0 Å². The van der Waals surface area contributed by atoms with Gasteiger partial charge in [0.05, 0.1) is 5.71 Å². The zero-order valence-corrected chi connectivity index (χ0v) is 16.9. The molecule has 7 heteroatoms. The molecule has 1 aromatic carbocycles. The Morgan fingerprint density at radius 1 is 1.19 bits per heavy atom. The molecule has 26 heavy (non-hydrogen) atoms. The predicted octanol–water partition coefficient (Wildman–Crippen LogP) is 3.90. The minimum absolute atomic E-state index is 0.158. The number of aryl methyl sites for hydroxylation is 1. The number of hydrogen-bond donors (Lipinski definition) is 3. The van der Waals surface area contributed by atoms with E-state index in [0.717, 1.165) is 29.7 Å². The number of hydrazone groups is 1. The summed E-state index contributed by atoms with van der Waals surface area (Å²) >= 11 is 4.35. The largest absolute Gasteiger partial charge is 0.444 e. The van der Waals surface area contributed by atoms with Crippen LogP contribution in [0.25, 0.3) is 0 Å². The first-order chi connectivity index (χ1) is 11.9. The lowest BCUT2D eigenvalue weighted by Gasteiger charge is -2.19. The van der Waals surface area contributed by atoms with E-state index in [2.05, 4.69) is 28.5 Å². The molecule has 0 unspecified atom stereocenters. The molecule has 0 bridgehead atoms. The van der Waals surface area contributed by atoms with Crippen LogP contribution in [0.4, 0.5) is 10.5 Å². The van der Waals surface area contributed by atoms with Crippen molar-refractivity contribution in [2.45, 2.75) is 64.2 Å². The molecule has 2 rings (SSSR count). The summed E-state index contributed by atoms with van der Waals surface area (Å²) < 4.78 is 4.88. The molecule has 0 fully saturated rings. The van der Waals surface area contributed by atoms with Crippen molar-refractivity contribution >= 4 is 36.0 Å². The number of benzene rings is 1. The van der Waals surface area contributed by atoms with Crippen LogP contribution in [-0.2, 0) is 16.0 Å². The van der Waals surface area contributed by atoms with Gasteiger partial charge in [0.15, 0.2) is 0 Å². The summed E-state index contributed by atoms with van der Waals surface area (Å²) in [6, 6.07) is 5.63. The normalized spacial score (nSPS) is 15.5. The Hall–Kier alpha value is -2.02. The zero-order valence-electron chi connectivity index (χ0n) is 16.0. The molecule has 1 aliphatic carbocycles. The van der Waals surface area contributed by atoms with Gasteiger partial charge in [-0.3, -0.25) is 10.1 Å². The quantitative estimate of drug-likeness (QED) is 0.550. The fourth-order valence-corrected chi connectivity index (χ4v) is 2.79. The van der Waals surface area contributed by atoms with Gasteiger partial charge < -0.3 is 4.74 Å². The van der Waals surface area contributed by atoms with E-state index < -0.39 is 11.7 Å². The third kappa shape index (κ3) is 6.37. The van der Waals surface area contributed by atoms with Gasteiger partial charge in [0, 0.05) is 22.4 Å². The van der Waals surface area contributed by atoms with Gasteiger partial charge in [0.1, 0.15) is 5.60 Å². The summed E-state index contributed by atoms with van der Waals surface area (Å²) in [7, 11) is 0. The molecule has 1 aliphatic rings. The number of anilines is 1. The van der Waals surface area contributed by atoms with Gasteiger partial charge in [0.25, 0.3) is 0 Å². The van der Waals surface area contributed by atoms with E-state index in [1.165, 1.54) is 0 Å². The molecule has 142 valence electrons. The first kappa shape index (κ1) is 20.3. The summed E-state index contributed by atoms with van der Waals surface area (Å²) in [5, 5.41) is 7.00. The fourth-order valence-electron chi connectivity index (χ4n) is 2.65. The fraction of sp³-hybridized carbons (Fsp3) is 0.526. The van der Waals surface area contributed by atoms with Crippen molar-refractivity contribution in [3.63, 3.8) is 0 Å². The van der Waals surface area contributed by atoms with Crippen molar-refractivity contribution in [3.05, 3.63) is 29.3 Å². The summed E-state index contributed by atoms with van der Waals surface area (Å²) in [5.41, 5.74) is 5.66. The number of amides is 2. The standard InChI is InChI=1S/C19H27N3O3S/c1-18(2,3)25-17(24)20-13-7-8-14-12(10-13)6-9-15(14)21-22-16(23)11-19(4,5)26/h7-8,10,26H,6,9,11H2,1-5H3,(H,20,24)(H,22,23). The molecule has 0 aromatic heterocycles. The second-order valence-corrected chi connectivity index (χ2v) is 9.29. The average Bonchev–Trinajstić information content (AvgIpc) is 2.83. The van der Waals surface area contributed by atoms with Gasteiger partial charge in [-0.15, -0.1) is 0 Å². The highest BCUT2D eigenvalue weighted by Crippen LogP contribution is 2.26. The first-order valence-corrected chi connectivity index (χ1v) is 9.09. The molecule has 0 atom stereocenters. The summed E-state index contributed by atoms with van der Waals surface area (Å²) in [6.07, 6.45) is 1.37. The first-order valence-electron chi connectivity index (χ1n) is 8.64. The third-order valence-corrected chi connectivity index (χ3v) is 3.76. The smallest absolute Gasteiger partial charge is 0.412 e. The third-order valence-electron chi connectivity index (χ3n) is 3.60. The minimum Gasteiger partial charge on any atom is -0.444 e. The number of nitrogens with one attached hydrogen (secondary N) is 2. The lowest BCUT2D eigenvalue weighted by molar-refractivity contribution is -0.121. The number of fused-ring (bicyclic) bond motifs is 1. The molecule has 0 saturated carbocycles. The van der Waals surface area contributed by atoms with Crippen LogP contribution >= 0.6 is 12.6 Å². The molecule has 2 amide bonds. The van der Waals surface area contributed by atoms with E-state index in [9.17, 15) is 9.59 Å². The van der Waals surface area contributed by atoms with Crippen molar-refractivity contribution in [2.24, 2.45) is 5.10 Å². The van der Waals surface area contributed by atoms with E-state index in [4.69, 9.17) is 4.74 Å². The van der Waals surface area contributed by atoms with E-state index >= 15 is 0 Å². The van der Waals surface area contributed by atoms with Crippen LogP contribution in [-0.4, -0.2) is 28.1 Å². The number of carbonyl (C=O) groups is 2. The van der Waals surface area contributed by atoms with Crippen LogP contribution in [0.1, 0.15) is 58.6 Å². The highest BCUT2D eigenvalue weighted by atomic mass is 32.1. The molecule has 1 aromatic rings. The minimum atomic E-state index is -0.541. The SMILES string of the molecule is CC(C)(S)CC(=O)NN=C1CCc2cc(NC(=O)OC(C)(C)C)ccc21. The Kier molecular flexibility index (Phi) is 6.01. The highest BCUT2D eigenvalue weighted by Gasteiger charge is 2.21. The van der Waals surface area contributed by atoms with Gasteiger partial charge in [0.2, 0.25) is 5.91 Å². The monoisotopic (exact) mass is 377 g/mol. The van der Waals surface area contributed by atoms with Crippen molar-refractivity contribution in [1.29, 1.82) is 0 Å². The van der Waals surface area contributed by atoms with E-state index in [1.54, 1.807) is 0 Å². The second-order valence-electron chi connectivity index (χ2n) is 8.08. The van der Waals surface area contributed by atoms with Crippen LogP contribution in [0.2, 0.25) is 0 Å². The van der Waals surface area contributed by atoms with Gasteiger partial charge >= 0.3 is 6.09 Å². The van der Waals surface area contributed by atoms with Crippen molar-refractivity contribution in [2.75, 3.05) is 5.32 Å². The average molecular weight is 378 g/mol. The lowest BCUT2D eigenvalue weighted by Crippen LogP contribution is -2.27. The van der Waals surface area contributed by atoms with Gasteiger partial charge in [-0.25, -0.2) is 10.2 Å². The zero-order chi connectivity index (χ0) is 19.5. The number of hydrogen-bond acceptors (Lipinski definition) is 5. The van der Waals surface area contributed by atoms with Crippen LogP contribution in [0, 0.1) is 0 Å². The Balaban J connectivity index is 2.02. The molecule has 6 nitrogen and oxygen atoms in total. The molecule has 2 N–H and O–H groups in total. The molecule has 0 aliphatic heterocycles. The Morgan fingerprint density at radius 3 is 2.50 bits per heavy atom. The topological polar surface area (TPSA) is 79.8 Å². The molecule has 0 heterocycles. The number of ether oxygens (including phenoxy) is 1. The van der Waals surface area contributed by atoms with Gasteiger partial charge in [-0.1, -0.05) is 19.9 Å². The van der Waals surface area contributed by atoms with E-state index in [0.29, 0.717) is 12.1 Å². The Bertz CT molecular complexity index is 731. The molecule has 0 radical (unpaired) electrons. The summed E-state index contributed by atoms with van der Waals surface area (Å²) in [4.78, 5) is 23.8. The van der Waals surface area contributed by atoms with Crippen LogP contribution < -0.4 is 10.7 Å². The summed E-state index contributed by atoms with van der Waals surface area (Å²) in [5.74, 6) is -0.158. The van der Waals surface area contributed by atoms with Crippen molar-refractivity contribution in [1.82, 2.24) is 5.43 Å². The van der Waals surface area contributed by atoms with E-state index in [-0.39, 0.29) is 10.7 Å². The number of carbonyl (C=O) groups excluding carboxylic acids is 2. The molecular weight excluding hydrogens is 350 g/mol. The van der Waals surface area contributed by atoms with Gasteiger partial charge in [-0.2, -0.15) is 17.7 Å². The van der Waals surface area contributed by atoms with Crippen LogP contribution in [0.15, 0.2) is 23.3 Å².